The van der Waals surface area contributed by atoms with E-state index >= 15 is 0 Å². The van der Waals surface area contributed by atoms with E-state index in [2.05, 4.69) is 16.4 Å². The Morgan fingerprint density at radius 1 is 1.32 bits per heavy atom. The Morgan fingerprint density at radius 3 is 2.79 bits per heavy atom. The molecule has 28 heavy (non-hydrogen) atoms. The Bertz CT molecular complexity index is 954. The van der Waals surface area contributed by atoms with Crippen LogP contribution >= 0.6 is 0 Å². The van der Waals surface area contributed by atoms with Gasteiger partial charge in [-0.05, 0) is 56.5 Å². The van der Waals surface area contributed by atoms with Crippen molar-refractivity contribution >= 4 is 11.7 Å². The average molecular weight is 382 g/mol. The molecule has 1 aromatic heterocycles. The van der Waals surface area contributed by atoms with Crippen molar-refractivity contribution in [2.75, 3.05) is 18.0 Å². The zero-order valence-electron chi connectivity index (χ0n) is 16.2. The number of hydrogen-bond acceptors (Lipinski definition) is 5. The van der Waals surface area contributed by atoms with E-state index in [0.717, 1.165) is 11.3 Å². The van der Waals surface area contributed by atoms with Crippen LogP contribution in [0.4, 0.5) is 10.2 Å². The molecule has 0 unspecified atom stereocenters. The minimum absolute atomic E-state index is 0.242. The normalized spacial score (nSPS) is 19.2. The maximum Gasteiger partial charge on any atom is 0.252 e. The van der Waals surface area contributed by atoms with Gasteiger partial charge in [0.05, 0.1) is 17.7 Å². The zero-order valence-corrected chi connectivity index (χ0v) is 16.2. The largest absolute Gasteiger partial charge is 0.391 e. The molecule has 2 aromatic rings. The number of rotatable bonds is 3. The van der Waals surface area contributed by atoms with E-state index < -0.39 is 23.9 Å². The van der Waals surface area contributed by atoms with Crippen molar-refractivity contribution in [1.82, 2.24) is 10.3 Å². The molecule has 2 heterocycles. The highest BCUT2D eigenvalue weighted by molar-refractivity contribution is 5.95. The van der Waals surface area contributed by atoms with Crippen LogP contribution in [0.3, 0.4) is 0 Å². The van der Waals surface area contributed by atoms with Crippen LogP contribution in [0.1, 0.15) is 39.2 Å². The third kappa shape index (κ3) is 3.97. The predicted octanol–water partition coefficient (Wildman–Crippen LogP) is 2.39. The van der Waals surface area contributed by atoms with Crippen LogP contribution in [-0.2, 0) is 0 Å². The fourth-order valence-electron chi connectivity index (χ4n) is 3.54. The third-order valence-corrected chi connectivity index (χ3v) is 5.07. The number of aromatic nitrogens is 1. The van der Waals surface area contributed by atoms with Crippen LogP contribution in [0.15, 0.2) is 24.3 Å². The second-order valence-electron chi connectivity index (χ2n) is 7.23. The first-order chi connectivity index (χ1) is 13.3. The summed E-state index contributed by atoms with van der Waals surface area (Å²) in [6.45, 7) is 6.30. The van der Waals surface area contributed by atoms with Gasteiger partial charge in [-0.2, -0.15) is 5.26 Å². The van der Waals surface area contributed by atoms with E-state index in [1.165, 1.54) is 12.1 Å². The van der Waals surface area contributed by atoms with Gasteiger partial charge in [-0.25, -0.2) is 9.37 Å². The molecule has 1 amide bonds. The van der Waals surface area contributed by atoms with Crippen LogP contribution in [0, 0.1) is 37.9 Å². The molecule has 1 saturated heterocycles. The first kappa shape index (κ1) is 19.8. The standard InChI is InChI=1S/C21H23FN4O2/c1-12-4-5-15(22)9-16(12)21(28)25-18-11-26(7-6-19(18)27)20-17(10-23)13(2)8-14(3)24-20/h4-5,8-9,18-19,27H,6-7,11H2,1-3H3,(H,25,28)/t18-,19-/m1/s1. The van der Waals surface area contributed by atoms with E-state index in [1.807, 2.05) is 24.8 Å². The summed E-state index contributed by atoms with van der Waals surface area (Å²) >= 11 is 0. The molecular formula is C21H23FN4O2. The van der Waals surface area contributed by atoms with Gasteiger partial charge in [-0.1, -0.05) is 6.07 Å². The number of amides is 1. The molecule has 0 bridgehead atoms. The molecule has 6 nitrogen and oxygen atoms in total. The number of piperidine rings is 1. The van der Waals surface area contributed by atoms with Crippen LogP contribution in [0.5, 0.6) is 0 Å². The number of nitrogens with one attached hydrogen (secondary N) is 1. The lowest BCUT2D eigenvalue weighted by Crippen LogP contribution is -2.55. The third-order valence-electron chi connectivity index (χ3n) is 5.07. The van der Waals surface area contributed by atoms with Gasteiger partial charge in [-0.15, -0.1) is 0 Å². The van der Waals surface area contributed by atoms with Crippen molar-refractivity contribution in [1.29, 1.82) is 5.26 Å². The summed E-state index contributed by atoms with van der Waals surface area (Å²) in [6.07, 6.45) is -0.308. The molecule has 0 aliphatic carbocycles. The van der Waals surface area contributed by atoms with Gasteiger partial charge >= 0.3 is 0 Å². The van der Waals surface area contributed by atoms with E-state index in [0.29, 0.717) is 36.5 Å². The molecule has 7 heteroatoms. The van der Waals surface area contributed by atoms with E-state index in [4.69, 9.17) is 0 Å². The predicted molar refractivity (Wildman–Crippen MR) is 104 cm³/mol. The Hall–Kier alpha value is -2.98. The van der Waals surface area contributed by atoms with Crippen LogP contribution in [0.25, 0.3) is 0 Å². The van der Waals surface area contributed by atoms with Crippen LogP contribution in [0.2, 0.25) is 0 Å². The van der Waals surface area contributed by atoms with Gasteiger partial charge in [0.15, 0.2) is 0 Å². The number of aliphatic hydroxyl groups is 1. The molecule has 2 N–H and O–H groups in total. The van der Waals surface area contributed by atoms with Crippen molar-refractivity contribution in [3.05, 3.63) is 58.0 Å². The lowest BCUT2D eigenvalue weighted by atomic mass is 9.99. The minimum Gasteiger partial charge on any atom is -0.391 e. The number of nitrogens with zero attached hydrogens (tertiary/aromatic N) is 3. The molecule has 0 saturated carbocycles. The number of aliphatic hydroxyl groups excluding tert-OH is 1. The number of anilines is 1. The number of carbonyl (C=O) groups excluding carboxylic acids is 1. The van der Waals surface area contributed by atoms with Crippen molar-refractivity contribution in [2.45, 2.75) is 39.3 Å². The molecule has 1 aliphatic rings. The fraction of sp³-hybridized carbons (Fsp3) is 0.381. The van der Waals surface area contributed by atoms with Crippen molar-refractivity contribution < 1.29 is 14.3 Å². The fourth-order valence-corrected chi connectivity index (χ4v) is 3.54. The monoisotopic (exact) mass is 382 g/mol. The highest BCUT2D eigenvalue weighted by atomic mass is 19.1. The second kappa shape index (κ2) is 7.95. The number of nitriles is 1. The van der Waals surface area contributed by atoms with Crippen molar-refractivity contribution in [3.8, 4) is 6.07 Å². The highest BCUT2D eigenvalue weighted by Gasteiger charge is 2.31. The smallest absolute Gasteiger partial charge is 0.252 e. The summed E-state index contributed by atoms with van der Waals surface area (Å²) in [4.78, 5) is 19.1. The van der Waals surface area contributed by atoms with Gasteiger partial charge in [0, 0.05) is 24.3 Å². The second-order valence-corrected chi connectivity index (χ2v) is 7.23. The summed E-state index contributed by atoms with van der Waals surface area (Å²) < 4.78 is 13.5. The van der Waals surface area contributed by atoms with Gasteiger partial charge < -0.3 is 15.3 Å². The van der Waals surface area contributed by atoms with Gasteiger partial charge in [0.1, 0.15) is 17.7 Å². The zero-order chi connectivity index (χ0) is 20.4. The molecule has 3 rings (SSSR count). The van der Waals surface area contributed by atoms with Gasteiger partial charge in [-0.3, -0.25) is 4.79 Å². The first-order valence-electron chi connectivity index (χ1n) is 9.18. The summed E-state index contributed by atoms with van der Waals surface area (Å²) in [5.74, 6) is -0.357. The lowest BCUT2D eigenvalue weighted by Gasteiger charge is -2.37. The van der Waals surface area contributed by atoms with Gasteiger partial charge in [0.25, 0.3) is 5.91 Å². The van der Waals surface area contributed by atoms with E-state index in [-0.39, 0.29) is 5.56 Å². The minimum atomic E-state index is -0.731. The summed E-state index contributed by atoms with van der Waals surface area (Å²) in [7, 11) is 0. The molecule has 2 atom stereocenters. The summed E-state index contributed by atoms with van der Waals surface area (Å²) in [5, 5.41) is 22.7. The molecule has 0 spiro atoms. The van der Waals surface area contributed by atoms with E-state index in [9.17, 15) is 19.6 Å². The Kier molecular flexibility index (Phi) is 5.61. The Morgan fingerprint density at radius 2 is 2.07 bits per heavy atom. The van der Waals surface area contributed by atoms with Gasteiger partial charge in [0.2, 0.25) is 0 Å². The van der Waals surface area contributed by atoms with Crippen LogP contribution < -0.4 is 10.2 Å². The lowest BCUT2D eigenvalue weighted by molar-refractivity contribution is 0.0784. The van der Waals surface area contributed by atoms with Crippen LogP contribution in [-0.4, -0.2) is 41.2 Å². The summed E-state index contributed by atoms with van der Waals surface area (Å²) in [6, 6.07) is 7.54. The highest BCUT2D eigenvalue weighted by Crippen LogP contribution is 2.25. The molecular weight excluding hydrogens is 359 g/mol. The molecule has 146 valence electrons. The quantitative estimate of drug-likeness (QED) is 0.851. The Balaban J connectivity index is 1.83. The molecule has 1 aromatic carbocycles. The Labute approximate surface area is 163 Å². The summed E-state index contributed by atoms with van der Waals surface area (Å²) in [5.41, 5.74) is 3.03. The number of hydrogen-bond donors (Lipinski definition) is 2. The number of aryl methyl sites for hydroxylation is 3. The number of pyridine rings is 1. The molecule has 1 fully saturated rings. The molecule has 1 aliphatic heterocycles. The maximum atomic E-state index is 13.5. The SMILES string of the molecule is Cc1cc(C)c(C#N)c(N2CC[C@@H](O)[C@H](NC(=O)c3cc(F)ccc3C)C2)n1. The van der Waals surface area contributed by atoms with Crippen molar-refractivity contribution in [3.63, 3.8) is 0 Å². The topological polar surface area (TPSA) is 89.3 Å². The van der Waals surface area contributed by atoms with E-state index in [1.54, 1.807) is 13.0 Å². The van der Waals surface area contributed by atoms with Crippen molar-refractivity contribution in [2.24, 2.45) is 0 Å². The number of halogens is 1. The molecule has 0 radical (unpaired) electrons. The number of benzene rings is 1. The number of carbonyl (C=O) groups is 1. The average Bonchev–Trinajstić information content (AvgIpc) is 2.64. The first-order valence-corrected chi connectivity index (χ1v) is 9.18. The maximum absolute atomic E-state index is 13.5.